The van der Waals surface area contributed by atoms with Crippen molar-refractivity contribution in [1.29, 1.82) is 0 Å². The number of Topliss-reactive ketones (excluding diaryl/α,β-unsaturated/α-hetero) is 1. The van der Waals surface area contributed by atoms with Crippen molar-refractivity contribution in [3.05, 3.63) is 44.6 Å². The number of nitrogens with zero attached hydrogens (tertiary/aromatic N) is 2. The van der Waals surface area contributed by atoms with Crippen LogP contribution in [0.2, 0.25) is 0 Å². The number of fused-ring (bicyclic) bond motifs is 4. The van der Waals surface area contributed by atoms with E-state index in [1.165, 1.54) is 28.6 Å². The maximum absolute atomic E-state index is 13.2. The van der Waals surface area contributed by atoms with E-state index in [2.05, 4.69) is 0 Å². The van der Waals surface area contributed by atoms with E-state index in [1.54, 1.807) is 34.1 Å². The van der Waals surface area contributed by atoms with E-state index in [4.69, 9.17) is 14.5 Å². The van der Waals surface area contributed by atoms with Crippen LogP contribution < -0.4 is 15.0 Å². The SMILES string of the molecule is CCn1c(SCC(=O)c2ccc3c(c2)OCCO3)nc2sc3c(c2c1=O)CCCC3. The summed E-state index contributed by atoms with van der Waals surface area (Å²) in [6.45, 7) is 3.48. The molecule has 0 fully saturated rings. The lowest BCUT2D eigenvalue weighted by Gasteiger charge is -2.18. The second kappa shape index (κ2) is 8.07. The van der Waals surface area contributed by atoms with Crippen LogP contribution >= 0.6 is 23.1 Å². The summed E-state index contributed by atoms with van der Waals surface area (Å²) in [4.78, 5) is 32.9. The quantitative estimate of drug-likeness (QED) is 0.337. The predicted octanol–water partition coefficient (Wildman–Crippen LogP) is 4.10. The summed E-state index contributed by atoms with van der Waals surface area (Å²) in [5.41, 5.74) is 1.80. The molecule has 156 valence electrons. The number of aromatic nitrogens is 2. The van der Waals surface area contributed by atoms with Gasteiger partial charge in [0.15, 0.2) is 22.4 Å². The van der Waals surface area contributed by atoms with Crippen LogP contribution in [0.25, 0.3) is 10.2 Å². The zero-order chi connectivity index (χ0) is 20.7. The Morgan fingerprint density at radius 1 is 1.20 bits per heavy atom. The average Bonchev–Trinajstić information content (AvgIpc) is 3.15. The number of ether oxygens (including phenoxy) is 2. The van der Waals surface area contributed by atoms with Crippen LogP contribution in [0.1, 0.15) is 40.6 Å². The zero-order valence-corrected chi connectivity index (χ0v) is 18.4. The van der Waals surface area contributed by atoms with Gasteiger partial charge < -0.3 is 9.47 Å². The molecule has 8 heteroatoms. The lowest BCUT2D eigenvalue weighted by Crippen LogP contribution is -2.23. The Bertz CT molecular complexity index is 1200. The molecule has 0 spiro atoms. The van der Waals surface area contributed by atoms with E-state index >= 15 is 0 Å². The number of carbonyl (C=O) groups excluding carboxylic acids is 1. The topological polar surface area (TPSA) is 70.4 Å². The minimum absolute atomic E-state index is 0.0242. The molecule has 3 heterocycles. The first-order chi connectivity index (χ1) is 14.7. The number of ketones is 1. The van der Waals surface area contributed by atoms with Gasteiger partial charge in [-0.3, -0.25) is 14.2 Å². The van der Waals surface area contributed by atoms with E-state index in [1.807, 2.05) is 6.92 Å². The molecule has 0 saturated carbocycles. The van der Waals surface area contributed by atoms with Gasteiger partial charge in [-0.2, -0.15) is 0 Å². The van der Waals surface area contributed by atoms with Gasteiger partial charge in [0, 0.05) is 17.0 Å². The molecule has 0 radical (unpaired) electrons. The molecule has 1 aliphatic heterocycles. The number of hydrogen-bond acceptors (Lipinski definition) is 7. The third-order valence-electron chi connectivity index (χ3n) is 5.55. The molecule has 0 bridgehead atoms. The fourth-order valence-electron chi connectivity index (χ4n) is 4.04. The molecule has 2 aromatic heterocycles. The number of hydrogen-bond donors (Lipinski definition) is 0. The average molecular weight is 443 g/mol. The normalized spacial score (nSPS) is 15.2. The van der Waals surface area contributed by atoms with E-state index in [9.17, 15) is 9.59 Å². The Labute approximate surface area is 182 Å². The summed E-state index contributed by atoms with van der Waals surface area (Å²) < 4.78 is 12.8. The van der Waals surface area contributed by atoms with Gasteiger partial charge in [-0.15, -0.1) is 11.3 Å². The van der Waals surface area contributed by atoms with Crippen LogP contribution in [0.4, 0.5) is 0 Å². The van der Waals surface area contributed by atoms with Crippen molar-refractivity contribution in [3.8, 4) is 11.5 Å². The third kappa shape index (κ3) is 3.41. The second-order valence-corrected chi connectivity index (χ2v) is 9.43. The van der Waals surface area contributed by atoms with Crippen LogP contribution in [0, 0.1) is 0 Å². The highest BCUT2D eigenvalue weighted by atomic mass is 32.2. The van der Waals surface area contributed by atoms with E-state index in [0.717, 1.165) is 29.5 Å². The first-order valence-electron chi connectivity index (χ1n) is 10.3. The molecule has 0 atom stereocenters. The molecule has 1 aromatic carbocycles. The lowest BCUT2D eigenvalue weighted by molar-refractivity contribution is 0.102. The molecule has 0 saturated heterocycles. The smallest absolute Gasteiger partial charge is 0.263 e. The highest BCUT2D eigenvalue weighted by molar-refractivity contribution is 7.99. The highest BCUT2D eigenvalue weighted by Gasteiger charge is 2.22. The lowest BCUT2D eigenvalue weighted by atomic mass is 9.97. The first kappa shape index (κ1) is 19.6. The molecule has 0 unspecified atom stereocenters. The standard InChI is InChI=1S/C22H22N2O4S2/c1-2-24-21(26)19-14-5-3-4-6-18(14)30-20(19)23-22(24)29-12-15(25)13-7-8-16-17(11-13)28-10-9-27-16/h7-8,11H,2-6,9-10,12H2,1H3. The summed E-state index contributed by atoms with van der Waals surface area (Å²) in [7, 11) is 0. The van der Waals surface area contributed by atoms with Crippen molar-refractivity contribution >= 4 is 39.1 Å². The number of rotatable bonds is 5. The van der Waals surface area contributed by atoms with Crippen LogP contribution in [0.5, 0.6) is 11.5 Å². The number of aryl methyl sites for hydroxylation is 2. The van der Waals surface area contributed by atoms with Gasteiger partial charge >= 0.3 is 0 Å². The van der Waals surface area contributed by atoms with Gasteiger partial charge in [-0.25, -0.2) is 4.98 Å². The van der Waals surface area contributed by atoms with E-state index in [0.29, 0.717) is 42.0 Å². The summed E-state index contributed by atoms with van der Waals surface area (Å²) >= 11 is 2.96. The Morgan fingerprint density at radius 3 is 2.83 bits per heavy atom. The largest absolute Gasteiger partial charge is 0.486 e. The molecule has 6 nitrogen and oxygen atoms in total. The van der Waals surface area contributed by atoms with Crippen molar-refractivity contribution < 1.29 is 14.3 Å². The van der Waals surface area contributed by atoms with Crippen LogP contribution in [-0.4, -0.2) is 34.3 Å². The summed E-state index contributed by atoms with van der Waals surface area (Å²) in [6.07, 6.45) is 4.30. The van der Waals surface area contributed by atoms with Gasteiger partial charge in [-0.1, -0.05) is 11.8 Å². The molecule has 1 aliphatic carbocycles. The van der Waals surface area contributed by atoms with Crippen molar-refractivity contribution in [2.24, 2.45) is 0 Å². The van der Waals surface area contributed by atoms with Gasteiger partial charge in [0.2, 0.25) is 0 Å². The monoisotopic (exact) mass is 442 g/mol. The van der Waals surface area contributed by atoms with E-state index < -0.39 is 0 Å². The Kier molecular flexibility index (Phi) is 5.28. The summed E-state index contributed by atoms with van der Waals surface area (Å²) in [6, 6.07) is 5.26. The molecule has 30 heavy (non-hydrogen) atoms. The Morgan fingerprint density at radius 2 is 2.00 bits per heavy atom. The number of benzene rings is 1. The minimum atomic E-state index is -0.0283. The Balaban J connectivity index is 1.42. The molecule has 0 N–H and O–H groups in total. The predicted molar refractivity (Wildman–Crippen MR) is 119 cm³/mol. The minimum Gasteiger partial charge on any atom is -0.486 e. The fourth-order valence-corrected chi connectivity index (χ4v) is 6.30. The molecule has 5 rings (SSSR count). The van der Waals surface area contributed by atoms with Crippen LogP contribution in [0.15, 0.2) is 28.2 Å². The van der Waals surface area contributed by atoms with Gasteiger partial charge in [0.25, 0.3) is 5.56 Å². The molecular formula is C22H22N2O4S2. The number of thioether (sulfide) groups is 1. The van der Waals surface area contributed by atoms with Crippen molar-refractivity contribution in [2.75, 3.05) is 19.0 Å². The van der Waals surface area contributed by atoms with Crippen molar-refractivity contribution in [1.82, 2.24) is 9.55 Å². The zero-order valence-electron chi connectivity index (χ0n) is 16.7. The summed E-state index contributed by atoms with van der Waals surface area (Å²) in [5, 5.41) is 1.40. The van der Waals surface area contributed by atoms with Crippen LogP contribution in [-0.2, 0) is 19.4 Å². The maximum atomic E-state index is 13.2. The van der Waals surface area contributed by atoms with Crippen molar-refractivity contribution in [3.63, 3.8) is 0 Å². The fraction of sp³-hybridized carbons (Fsp3) is 0.409. The molecular weight excluding hydrogens is 420 g/mol. The van der Waals surface area contributed by atoms with Crippen LogP contribution in [0.3, 0.4) is 0 Å². The number of carbonyl (C=O) groups is 1. The molecule has 0 amide bonds. The number of thiophene rings is 1. The molecule has 3 aromatic rings. The van der Waals surface area contributed by atoms with E-state index in [-0.39, 0.29) is 17.1 Å². The van der Waals surface area contributed by atoms with Gasteiger partial charge in [-0.05, 0) is 56.4 Å². The van der Waals surface area contributed by atoms with Gasteiger partial charge in [0.05, 0.1) is 11.1 Å². The second-order valence-electron chi connectivity index (χ2n) is 7.41. The Hall–Kier alpha value is -2.32. The van der Waals surface area contributed by atoms with Crippen molar-refractivity contribution in [2.45, 2.75) is 44.3 Å². The van der Waals surface area contributed by atoms with Gasteiger partial charge in [0.1, 0.15) is 18.0 Å². The first-order valence-corrected chi connectivity index (χ1v) is 12.1. The summed E-state index contributed by atoms with van der Waals surface area (Å²) in [5.74, 6) is 1.45. The third-order valence-corrected chi connectivity index (χ3v) is 7.71. The molecule has 2 aliphatic rings. The highest BCUT2D eigenvalue weighted by Crippen LogP contribution is 2.35. The maximum Gasteiger partial charge on any atom is 0.263 e.